The standard InChI is InChI=1S/C26H27N7O3/c34-24(30-12-14-2-1-4-27-11-14)23-32-25(36-33-23)19-13-29-22-18(3-5-28-22)21(19)31-20-16-6-15-7-17(20)10-26(35,8-15)9-16/h1-5,11,13,15-17,20,35H,6-10,12H2,(H,30,34)(H2,28,29,31)/t15?,16-,17+,20?,26?. The van der Waals surface area contributed by atoms with Gasteiger partial charge in [0, 0.05) is 42.8 Å². The van der Waals surface area contributed by atoms with Crippen LogP contribution in [0.1, 0.15) is 48.3 Å². The normalized spacial score (nSPS) is 28.5. The molecule has 4 aliphatic carbocycles. The van der Waals surface area contributed by atoms with Crippen LogP contribution in [0.5, 0.6) is 0 Å². The van der Waals surface area contributed by atoms with Crippen molar-refractivity contribution in [2.24, 2.45) is 17.8 Å². The molecule has 1 amide bonds. The fourth-order valence-electron chi connectivity index (χ4n) is 6.90. The smallest absolute Gasteiger partial charge is 0.292 e. The van der Waals surface area contributed by atoms with Gasteiger partial charge in [-0.15, -0.1) is 0 Å². The number of rotatable bonds is 6. The second-order valence-electron chi connectivity index (χ2n) is 10.6. The molecule has 4 aromatic heterocycles. The molecule has 4 fully saturated rings. The first-order valence-electron chi connectivity index (χ1n) is 12.5. The molecule has 0 radical (unpaired) electrons. The third-order valence-corrected chi connectivity index (χ3v) is 8.17. The third kappa shape index (κ3) is 3.63. The molecule has 4 N–H and O–H groups in total. The number of pyridine rings is 2. The topological polar surface area (TPSA) is 142 Å². The van der Waals surface area contributed by atoms with Crippen molar-refractivity contribution >= 4 is 22.6 Å². The van der Waals surface area contributed by atoms with Crippen molar-refractivity contribution in [3.63, 3.8) is 0 Å². The number of carbonyl (C=O) groups excluding carboxylic acids is 1. The molecular formula is C26H27N7O3. The number of nitrogens with zero attached hydrogens (tertiary/aromatic N) is 4. The fraction of sp³-hybridized carbons (Fsp3) is 0.423. The largest absolute Gasteiger partial charge is 0.390 e. The van der Waals surface area contributed by atoms with Crippen LogP contribution in [0.4, 0.5) is 5.69 Å². The van der Waals surface area contributed by atoms with Crippen molar-refractivity contribution in [2.75, 3.05) is 5.32 Å². The van der Waals surface area contributed by atoms with Crippen molar-refractivity contribution in [1.29, 1.82) is 0 Å². The first-order chi connectivity index (χ1) is 17.5. The molecule has 8 rings (SSSR count). The average molecular weight is 486 g/mol. The van der Waals surface area contributed by atoms with Crippen LogP contribution in [0.2, 0.25) is 0 Å². The fourth-order valence-corrected chi connectivity index (χ4v) is 6.90. The molecule has 4 heterocycles. The van der Waals surface area contributed by atoms with Gasteiger partial charge in [-0.05, 0) is 67.6 Å². The van der Waals surface area contributed by atoms with Crippen molar-refractivity contribution in [1.82, 2.24) is 30.4 Å². The zero-order valence-corrected chi connectivity index (χ0v) is 19.6. The molecule has 3 unspecified atom stereocenters. The number of hydrogen-bond acceptors (Lipinski definition) is 8. The Hall–Kier alpha value is -3.79. The molecule has 0 aromatic carbocycles. The molecule has 0 aliphatic heterocycles. The summed E-state index contributed by atoms with van der Waals surface area (Å²) in [6.45, 7) is 0.317. The number of carbonyl (C=O) groups is 1. The molecular weight excluding hydrogens is 458 g/mol. The van der Waals surface area contributed by atoms with E-state index >= 15 is 0 Å². The molecule has 10 nitrogen and oxygen atoms in total. The maximum absolute atomic E-state index is 12.7. The first-order valence-corrected chi connectivity index (χ1v) is 12.5. The molecule has 5 atom stereocenters. The minimum absolute atomic E-state index is 0.0362. The summed E-state index contributed by atoms with van der Waals surface area (Å²) in [5, 5.41) is 22.5. The van der Waals surface area contributed by atoms with Crippen molar-refractivity contribution < 1.29 is 14.4 Å². The Bertz CT molecular complexity index is 1420. The zero-order valence-electron chi connectivity index (χ0n) is 19.6. The van der Waals surface area contributed by atoms with E-state index in [-0.39, 0.29) is 17.8 Å². The number of amides is 1. The van der Waals surface area contributed by atoms with Crippen LogP contribution in [-0.2, 0) is 6.54 Å². The highest BCUT2D eigenvalue weighted by molar-refractivity contribution is 5.97. The van der Waals surface area contributed by atoms with Crippen LogP contribution in [0.15, 0.2) is 47.5 Å². The van der Waals surface area contributed by atoms with E-state index in [1.54, 1.807) is 18.6 Å². The third-order valence-electron chi connectivity index (χ3n) is 8.17. The number of anilines is 1. The number of aliphatic hydroxyl groups is 1. The monoisotopic (exact) mass is 485 g/mol. The Balaban J connectivity index is 1.17. The van der Waals surface area contributed by atoms with Gasteiger partial charge in [0.05, 0.1) is 16.9 Å². The van der Waals surface area contributed by atoms with E-state index in [2.05, 4.69) is 35.7 Å². The molecule has 4 aromatic rings. The highest BCUT2D eigenvalue weighted by Crippen LogP contribution is 2.56. The SMILES string of the molecule is O=C(NCc1cccnc1)c1noc(-c2cnc3[nH]ccc3c2NC2[C@@H]3CC4C[C@H]2CC(O)(C4)C3)n1. The van der Waals surface area contributed by atoms with Gasteiger partial charge in [-0.2, -0.15) is 4.98 Å². The lowest BCUT2D eigenvalue weighted by Crippen LogP contribution is -2.59. The number of nitrogens with one attached hydrogen (secondary N) is 3. The van der Waals surface area contributed by atoms with E-state index in [1.165, 1.54) is 0 Å². The van der Waals surface area contributed by atoms with Gasteiger partial charge in [-0.3, -0.25) is 9.78 Å². The van der Waals surface area contributed by atoms with Crippen molar-refractivity contribution in [2.45, 2.75) is 50.3 Å². The summed E-state index contributed by atoms with van der Waals surface area (Å²) in [5.74, 6) is 1.25. The van der Waals surface area contributed by atoms with Crippen LogP contribution in [0, 0.1) is 17.8 Å². The highest BCUT2D eigenvalue weighted by atomic mass is 16.5. The quantitative estimate of drug-likeness (QED) is 0.326. The number of fused-ring (bicyclic) bond motifs is 1. The molecule has 4 aliphatic rings. The van der Waals surface area contributed by atoms with E-state index in [0.29, 0.717) is 29.9 Å². The lowest BCUT2D eigenvalue weighted by molar-refractivity contribution is -0.129. The number of hydrogen-bond donors (Lipinski definition) is 4. The van der Waals surface area contributed by atoms with Crippen LogP contribution in [0.25, 0.3) is 22.5 Å². The average Bonchev–Trinajstić information content (AvgIpc) is 3.54. The van der Waals surface area contributed by atoms with Crippen LogP contribution in [-0.4, -0.2) is 47.7 Å². The molecule has 184 valence electrons. The van der Waals surface area contributed by atoms with E-state index in [4.69, 9.17) is 4.52 Å². The Morgan fingerprint density at radius 2 is 2.06 bits per heavy atom. The van der Waals surface area contributed by atoms with E-state index in [9.17, 15) is 9.90 Å². The van der Waals surface area contributed by atoms with Gasteiger partial charge in [0.2, 0.25) is 0 Å². The molecule has 4 saturated carbocycles. The van der Waals surface area contributed by atoms with Gasteiger partial charge in [-0.1, -0.05) is 11.2 Å². The molecule has 36 heavy (non-hydrogen) atoms. The van der Waals surface area contributed by atoms with Gasteiger partial charge < -0.3 is 25.2 Å². The minimum Gasteiger partial charge on any atom is -0.390 e. The second kappa shape index (κ2) is 8.12. The first kappa shape index (κ1) is 21.5. The Morgan fingerprint density at radius 1 is 1.19 bits per heavy atom. The Labute approximate surface area is 206 Å². The predicted octanol–water partition coefficient (Wildman–Crippen LogP) is 3.29. The highest BCUT2D eigenvalue weighted by Gasteiger charge is 2.54. The van der Waals surface area contributed by atoms with Crippen LogP contribution in [0.3, 0.4) is 0 Å². The Morgan fingerprint density at radius 3 is 2.83 bits per heavy atom. The summed E-state index contributed by atoms with van der Waals surface area (Å²) in [7, 11) is 0. The molecule has 0 saturated heterocycles. The van der Waals surface area contributed by atoms with Gasteiger partial charge in [-0.25, -0.2) is 4.98 Å². The number of H-pyrrole nitrogens is 1. The van der Waals surface area contributed by atoms with Gasteiger partial charge in [0.25, 0.3) is 17.6 Å². The van der Waals surface area contributed by atoms with E-state index < -0.39 is 11.5 Å². The summed E-state index contributed by atoms with van der Waals surface area (Å²) in [6.07, 6.45) is 11.9. The summed E-state index contributed by atoms with van der Waals surface area (Å²) in [4.78, 5) is 28.8. The van der Waals surface area contributed by atoms with Crippen LogP contribution >= 0.6 is 0 Å². The maximum Gasteiger partial charge on any atom is 0.292 e. The summed E-state index contributed by atoms with van der Waals surface area (Å²) in [5.41, 5.74) is 2.68. The van der Waals surface area contributed by atoms with Crippen molar-refractivity contribution in [3.8, 4) is 11.5 Å². The predicted molar refractivity (Wildman–Crippen MR) is 131 cm³/mol. The van der Waals surface area contributed by atoms with Crippen molar-refractivity contribution in [3.05, 3.63) is 54.4 Å². The lowest BCUT2D eigenvalue weighted by Gasteiger charge is -2.58. The maximum atomic E-state index is 12.7. The van der Waals surface area contributed by atoms with Gasteiger partial charge in [0.15, 0.2) is 0 Å². The summed E-state index contributed by atoms with van der Waals surface area (Å²) in [6, 6.07) is 5.94. The Kier molecular flexibility index (Phi) is 4.85. The van der Waals surface area contributed by atoms with E-state index in [0.717, 1.165) is 54.4 Å². The second-order valence-corrected chi connectivity index (χ2v) is 10.6. The number of aromatic nitrogens is 5. The van der Waals surface area contributed by atoms with Gasteiger partial charge in [0.1, 0.15) is 5.65 Å². The van der Waals surface area contributed by atoms with Gasteiger partial charge >= 0.3 is 0 Å². The summed E-state index contributed by atoms with van der Waals surface area (Å²) >= 11 is 0. The minimum atomic E-state index is -0.496. The zero-order chi connectivity index (χ0) is 24.3. The summed E-state index contributed by atoms with van der Waals surface area (Å²) < 4.78 is 5.55. The number of aromatic amines is 1. The molecule has 10 heteroatoms. The molecule has 4 bridgehead atoms. The van der Waals surface area contributed by atoms with Crippen LogP contribution < -0.4 is 10.6 Å². The lowest BCUT2D eigenvalue weighted by atomic mass is 9.52. The van der Waals surface area contributed by atoms with E-state index in [1.807, 2.05) is 24.4 Å². The molecule has 0 spiro atoms.